The Morgan fingerprint density at radius 2 is 2.00 bits per heavy atom. The number of carbonyl (C=O) groups excluding carboxylic acids is 1. The molecule has 0 aliphatic rings. The predicted molar refractivity (Wildman–Crippen MR) is 94.6 cm³/mol. The molecule has 0 spiro atoms. The van der Waals surface area contributed by atoms with Crippen molar-refractivity contribution in [1.29, 1.82) is 0 Å². The molecule has 0 atom stereocenters. The molecule has 5 nitrogen and oxygen atoms in total. The van der Waals surface area contributed by atoms with E-state index < -0.39 is 0 Å². The molecule has 0 fully saturated rings. The lowest BCUT2D eigenvalue weighted by atomic mass is 10.1. The standard InChI is InChI=1S/C19H20N4O/c1-4-15-9-7-8-13(2)18(15)22-19(24)16-12-21-23(14(16)3)17-10-5-6-11-20-17/h5-12H,4H2,1-3H3,(H,22,24). The zero-order chi connectivity index (χ0) is 17.1. The molecule has 5 heteroatoms. The van der Waals surface area contributed by atoms with Crippen LogP contribution in [0.15, 0.2) is 48.8 Å². The lowest BCUT2D eigenvalue weighted by molar-refractivity contribution is 0.102. The zero-order valence-corrected chi connectivity index (χ0v) is 14.1. The van der Waals surface area contributed by atoms with Crippen LogP contribution in [0.3, 0.4) is 0 Å². The number of nitrogens with one attached hydrogen (secondary N) is 1. The van der Waals surface area contributed by atoms with Gasteiger partial charge in [0.25, 0.3) is 5.91 Å². The van der Waals surface area contributed by atoms with Crippen LogP contribution in [0.25, 0.3) is 5.82 Å². The maximum atomic E-state index is 12.7. The van der Waals surface area contributed by atoms with E-state index in [-0.39, 0.29) is 5.91 Å². The maximum Gasteiger partial charge on any atom is 0.259 e. The van der Waals surface area contributed by atoms with Gasteiger partial charge in [-0.05, 0) is 43.5 Å². The van der Waals surface area contributed by atoms with Crippen LogP contribution in [0.2, 0.25) is 0 Å². The van der Waals surface area contributed by atoms with Crippen molar-refractivity contribution in [2.45, 2.75) is 27.2 Å². The van der Waals surface area contributed by atoms with Crippen LogP contribution >= 0.6 is 0 Å². The molecule has 0 unspecified atom stereocenters. The van der Waals surface area contributed by atoms with Crippen LogP contribution in [0.5, 0.6) is 0 Å². The van der Waals surface area contributed by atoms with Gasteiger partial charge < -0.3 is 5.32 Å². The highest BCUT2D eigenvalue weighted by molar-refractivity contribution is 6.05. The molecule has 0 bridgehead atoms. The Morgan fingerprint density at radius 3 is 2.71 bits per heavy atom. The number of benzene rings is 1. The third-order valence-electron chi connectivity index (χ3n) is 4.10. The van der Waals surface area contributed by atoms with Gasteiger partial charge in [-0.25, -0.2) is 9.67 Å². The van der Waals surface area contributed by atoms with E-state index >= 15 is 0 Å². The number of para-hydroxylation sites is 1. The third-order valence-corrected chi connectivity index (χ3v) is 4.10. The van der Waals surface area contributed by atoms with Crippen molar-refractivity contribution in [1.82, 2.24) is 14.8 Å². The van der Waals surface area contributed by atoms with Gasteiger partial charge in [0, 0.05) is 11.9 Å². The lowest BCUT2D eigenvalue weighted by Crippen LogP contribution is -2.15. The minimum absolute atomic E-state index is 0.154. The monoisotopic (exact) mass is 320 g/mol. The highest BCUT2D eigenvalue weighted by atomic mass is 16.1. The fourth-order valence-electron chi connectivity index (χ4n) is 2.73. The quantitative estimate of drug-likeness (QED) is 0.797. The molecule has 1 N–H and O–H groups in total. The van der Waals surface area contributed by atoms with Crippen LogP contribution in [0, 0.1) is 13.8 Å². The summed E-state index contributed by atoms with van der Waals surface area (Å²) in [5.74, 6) is 0.540. The van der Waals surface area contributed by atoms with E-state index in [1.807, 2.05) is 50.2 Å². The fraction of sp³-hybridized carbons (Fsp3) is 0.211. The van der Waals surface area contributed by atoms with E-state index in [0.717, 1.165) is 28.9 Å². The molecule has 1 amide bonds. The van der Waals surface area contributed by atoms with Crippen molar-refractivity contribution in [3.8, 4) is 5.82 Å². The van der Waals surface area contributed by atoms with Gasteiger partial charge in [0.1, 0.15) is 0 Å². The smallest absolute Gasteiger partial charge is 0.259 e. The van der Waals surface area contributed by atoms with Gasteiger partial charge in [-0.15, -0.1) is 0 Å². The largest absolute Gasteiger partial charge is 0.321 e. The average Bonchev–Trinajstić information content (AvgIpc) is 2.99. The number of aromatic nitrogens is 3. The van der Waals surface area contributed by atoms with Gasteiger partial charge in [-0.1, -0.05) is 31.2 Å². The molecule has 0 saturated heterocycles. The first kappa shape index (κ1) is 15.9. The van der Waals surface area contributed by atoms with Gasteiger partial charge in [0.15, 0.2) is 5.82 Å². The molecule has 3 aromatic rings. The minimum atomic E-state index is -0.154. The molecule has 3 rings (SSSR count). The van der Waals surface area contributed by atoms with E-state index in [4.69, 9.17) is 0 Å². The Kier molecular flexibility index (Phi) is 4.42. The Bertz CT molecular complexity index is 868. The summed E-state index contributed by atoms with van der Waals surface area (Å²) in [7, 11) is 0. The van der Waals surface area contributed by atoms with Crippen LogP contribution in [0.4, 0.5) is 5.69 Å². The van der Waals surface area contributed by atoms with Gasteiger partial charge in [-0.3, -0.25) is 4.79 Å². The molecule has 24 heavy (non-hydrogen) atoms. The summed E-state index contributed by atoms with van der Waals surface area (Å²) in [4.78, 5) is 17.0. The first-order chi connectivity index (χ1) is 11.6. The molecule has 0 aliphatic heterocycles. The van der Waals surface area contributed by atoms with Crippen molar-refractivity contribution in [2.24, 2.45) is 0 Å². The van der Waals surface area contributed by atoms with E-state index in [0.29, 0.717) is 11.4 Å². The topological polar surface area (TPSA) is 59.8 Å². The summed E-state index contributed by atoms with van der Waals surface area (Å²) in [5, 5.41) is 7.35. The Labute approximate surface area is 141 Å². The summed E-state index contributed by atoms with van der Waals surface area (Å²) in [6.45, 7) is 5.95. The van der Waals surface area contributed by atoms with Crippen LogP contribution in [-0.4, -0.2) is 20.7 Å². The predicted octanol–water partition coefficient (Wildman–Crippen LogP) is 3.70. The second-order valence-corrected chi connectivity index (χ2v) is 5.66. The van der Waals surface area contributed by atoms with Gasteiger partial charge in [-0.2, -0.15) is 5.10 Å². The van der Waals surface area contributed by atoms with Crippen molar-refractivity contribution >= 4 is 11.6 Å². The molecule has 122 valence electrons. The summed E-state index contributed by atoms with van der Waals surface area (Å²) in [6, 6.07) is 11.6. The fourth-order valence-corrected chi connectivity index (χ4v) is 2.73. The first-order valence-corrected chi connectivity index (χ1v) is 7.97. The van der Waals surface area contributed by atoms with Crippen molar-refractivity contribution < 1.29 is 4.79 Å². The number of hydrogen-bond acceptors (Lipinski definition) is 3. The van der Waals surface area contributed by atoms with E-state index in [2.05, 4.69) is 22.3 Å². The molecule has 0 saturated carbocycles. The van der Waals surface area contributed by atoms with Crippen molar-refractivity contribution in [3.05, 3.63) is 71.2 Å². The molecule has 0 radical (unpaired) electrons. The Morgan fingerprint density at radius 1 is 1.17 bits per heavy atom. The maximum absolute atomic E-state index is 12.7. The summed E-state index contributed by atoms with van der Waals surface area (Å²) < 4.78 is 1.67. The minimum Gasteiger partial charge on any atom is -0.321 e. The number of carbonyl (C=O) groups is 1. The highest BCUT2D eigenvalue weighted by Crippen LogP contribution is 2.22. The number of rotatable bonds is 4. The normalized spacial score (nSPS) is 10.6. The number of aryl methyl sites for hydroxylation is 2. The molecular formula is C19H20N4O. The van der Waals surface area contributed by atoms with Gasteiger partial charge in [0.05, 0.1) is 17.5 Å². The average molecular weight is 320 g/mol. The lowest BCUT2D eigenvalue weighted by Gasteiger charge is -2.12. The van der Waals surface area contributed by atoms with E-state index in [1.54, 1.807) is 17.1 Å². The van der Waals surface area contributed by atoms with Gasteiger partial charge in [0.2, 0.25) is 0 Å². The number of pyridine rings is 1. The summed E-state index contributed by atoms with van der Waals surface area (Å²) in [6.07, 6.45) is 4.16. The first-order valence-electron chi connectivity index (χ1n) is 7.97. The molecule has 0 aliphatic carbocycles. The highest BCUT2D eigenvalue weighted by Gasteiger charge is 2.17. The third kappa shape index (κ3) is 2.93. The number of anilines is 1. The second kappa shape index (κ2) is 6.66. The summed E-state index contributed by atoms with van der Waals surface area (Å²) >= 11 is 0. The van der Waals surface area contributed by atoms with E-state index in [9.17, 15) is 4.79 Å². The molecule has 2 heterocycles. The van der Waals surface area contributed by atoms with E-state index in [1.165, 1.54) is 0 Å². The van der Waals surface area contributed by atoms with Gasteiger partial charge >= 0.3 is 0 Å². The Balaban J connectivity index is 1.91. The molecule has 1 aromatic carbocycles. The molecule has 2 aromatic heterocycles. The van der Waals surface area contributed by atoms with Crippen LogP contribution < -0.4 is 5.32 Å². The Hall–Kier alpha value is -2.95. The van der Waals surface area contributed by atoms with Crippen molar-refractivity contribution in [2.75, 3.05) is 5.32 Å². The number of amides is 1. The molecular weight excluding hydrogens is 300 g/mol. The van der Waals surface area contributed by atoms with Crippen LogP contribution in [0.1, 0.15) is 34.1 Å². The number of nitrogens with zero attached hydrogens (tertiary/aromatic N) is 3. The number of hydrogen-bond donors (Lipinski definition) is 1. The van der Waals surface area contributed by atoms with Crippen LogP contribution in [-0.2, 0) is 6.42 Å². The second-order valence-electron chi connectivity index (χ2n) is 5.66. The SMILES string of the molecule is CCc1cccc(C)c1NC(=O)c1cnn(-c2ccccn2)c1C. The zero-order valence-electron chi connectivity index (χ0n) is 14.1. The van der Waals surface area contributed by atoms with Crippen molar-refractivity contribution in [3.63, 3.8) is 0 Å². The summed E-state index contributed by atoms with van der Waals surface area (Å²) in [5.41, 5.74) is 4.37.